The third-order valence-electron chi connectivity index (χ3n) is 2.82. The molecule has 4 heteroatoms. The van der Waals surface area contributed by atoms with Gasteiger partial charge >= 0.3 is 0 Å². The monoisotopic (exact) mass is 471 g/mol. The minimum absolute atomic E-state index is 0. The predicted molar refractivity (Wildman–Crippen MR) is 85.2 cm³/mol. The van der Waals surface area contributed by atoms with Crippen LogP contribution in [0.25, 0.3) is 21.7 Å². The van der Waals surface area contributed by atoms with E-state index in [4.69, 9.17) is 5.11 Å². The summed E-state index contributed by atoms with van der Waals surface area (Å²) < 4.78 is 0. The molecule has 0 bridgehead atoms. The van der Waals surface area contributed by atoms with Crippen molar-refractivity contribution in [3.05, 3.63) is 66.6 Å². The molecule has 3 nitrogen and oxygen atoms in total. The molecule has 115 valence electrons. The molecule has 2 aromatic carbocycles. The summed E-state index contributed by atoms with van der Waals surface area (Å²) in [6.07, 6.45) is 2.99. The van der Waals surface area contributed by atoms with E-state index in [2.05, 4.69) is 35.3 Å². The Bertz CT molecular complexity index is 753. The van der Waals surface area contributed by atoms with Crippen LogP contribution in [0.15, 0.2) is 60.5 Å². The summed E-state index contributed by atoms with van der Waals surface area (Å²) in [5.41, 5.74) is 1.03. The average molecular weight is 471 g/mol. The topological polar surface area (TPSA) is 50.2 Å². The van der Waals surface area contributed by atoms with Crippen molar-refractivity contribution in [1.29, 1.82) is 0 Å². The molecule has 0 fully saturated rings. The van der Waals surface area contributed by atoms with Gasteiger partial charge < -0.3 is 10.1 Å². The van der Waals surface area contributed by atoms with Gasteiger partial charge in [-0.3, -0.25) is 4.79 Å². The van der Waals surface area contributed by atoms with Gasteiger partial charge in [-0.15, -0.1) is 35.0 Å². The summed E-state index contributed by atoms with van der Waals surface area (Å²) in [7, 11) is 0. The van der Waals surface area contributed by atoms with E-state index in [1.165, 1.54) is 30.7 Å². The first kappa shape index (κ1) is 18.0. The predicted octanol–water partition coefficient (Wildman–Crippen LogP) is 4.22. The van der Waals surface area contributed by atoms with Gasteiger partial charge in [0.25, 0.3) is 0 Å². The maximum Gasteiger partial charge on any atom is 0.155 e. The van der Waals surface area contributed by atoms with Crippen LogP contribution in [0.1, 0.15) is 13.8 Å². The number of aromatic nitrogens is 1. The molecule has 0 spiro atoms. The Hall–Kier alpha value is -2.03. The number of benzene rings is 2. The molecule has 0 saturated heterocycles. The number of allylic oxidation sites excluding steroid dienone is 2. The number of carbonyl (C=O) groups is 1. The van der Waals surface area contributed by atoms with Crippen molar-refractivity contribution in [1.82, 2.24) is 4.98 Å². The minimum Gasteiger partial charge on any atom is -0.512 e. The molecule has 3 rings (SSSR count). The van der Waals surface area contributed by atoms with E-state index in [9.17, 15) is 4.79 Å². The van der Waals surface area contributed by atoms with E-state index in [1.807, 2.05) is 24.4 Å². The fourth-order valence-electron chi connectivity index (χ4n) is 2.03. The number of aliphatic hydroxyl groups excluding tert-OH is 1. The van der Waals surface area contributed by atoms with Gasteiger partial charge in [0.15, 0.2) is 5.78 Å². The molecule has 0 atom stereocenters. The molecule has 0 unspecified atom stereocenters. The van der Waals surface area contributed by atoms with Gasteiger partial charge in [0.1, 0.15) is 0 Å². The third kappa shape index (κ3) is 4.76. The Labute approximate surface area is 143 Å². The van der Waals surface area contributed by atoms with Gasteiger partial charge in [-0.1, -0.05) is 18.2 Å². The number of carbonyl (C=O) groups excluding carboxylic acids is 1. The maximum atomic E-state index is 10.0. The van der Waals surface area contributed by atoms with Crippen molar-refractivity contribution in [2.45, 2.75) is 13.8 Å². The van der Waals surface area contributed by atoms with Crippen LogP contribution >= 0.6 is 0 Å². The van der Waals surface area contributed by atoms with Gasteiger partial charge in [0, 0.05) is 32.4 Å². The smallest absolute Gasteiger partial charge is 0.155 e. The summed E-state index contributed by atoms with van der Waals surface area (Å²) in [6, 6.07) is 17.5. The third-order valence-corrected chi connectivity index (χ3v) is 2.82. The van der Waals surface area contributed by atoms with Crippen LogP contribution in [0, 0.1) is 6.07 Å². The van der Waals surface area contributed by atoms with Crippen LogP contribution in [0.5, 0.6) is 0 Å². The molecule has 3 aromatic rings. The Balaban J connectivity index is 0.000000264. The first-order chi connectivity index (χ1) is 10.1. The van der Waals surface area contributed by atoms with Crippen molar-refractivity contribution in [2.24, 2.45) is 0 Å². The zero-order chi connectivity index (χ0) is 15.2. The molecule has 1 radical (unpaired) electrons. The van der Waals surface area contributed by atoms with Crippen LogP contribution in [0.3, 0.4) is 0 Å². The number of aliphatic hydroxyl groups is 1. The van der Waals surface area contributed by atoms with Gasteiger partial charge in [-0.05, 0) is 30.8 Å². The second-order valence-corrected chi connectivity index (χ2v) is 4.67. The van der Waals surface area contributed by atoms with E-state index in [-0.39, 0.29) is 31.6 Å². The molecule has 1 N–H and O–H groups in total. The molecule has 0 saturated carbocycles. The van der Waals surface area contributed by atoms with Crippen molar-refractivity contribution in [2.75, 3.05) is 0 Å². The number of rotatable bonds is 1. The van der Waals surface area contributed by atoms with Crippen molar-refractivity contribution in [3.63, 3.8) is 0 Å². The first-order valence-electron chi connectivity index (χ1n) is 6.60. The van der Waals surface area contributed by atoms with Crippen LogP contribution in [-0.2, 0) is 24.9 Å². The molecular formula is C18H16IrNO2-. The summed E-state index contributed by atoms with van der Waals surface area (Å²) in [6.45, 7) is 2.85. The summed E-state index contributed by atoms with van der Waals surface area (Å²) in [4.78, 5) is 14.4. The number of hydrogen-bond donors (Lipinski definition) is 1. The van der Waals surface area contributed by atoms with Crippen LogP contribution in [0.2, 0.25) is 0 Å². The summed E-state index contributed by atoms with van der Waals surface area (Å²) in [5.74, 6) is -0.0625. The Morgan fingerprint density at radius 1 is 1.14 bits per heavy atom. The Kier molecular flexibility index (Phi) is 6.90. The van der Waals surface area contributed by atoms with Gasteiger partial charge in [0.05, 0.1) is 5.76 Å². The van der Waals surface area contributed by atoms with E-state index >= 15 is 0 Å². The average Bonchev–Trinajstić information content (AvgIpc) is 2.46. The van der Waals surface area contributed by atoms with Crippen LogP contribution in [0.4, 0.5) is 0 Å². The standard InChI is InChI=1S/C13H8N.C5H8O2.Ir/c1-2-6-12-10(4-1)7-8-11-5-3-9-14-13(11)12;1-4(6)3-5(2)7;/h1-5,7-9H;3,6H,1-2H3;/q-1;;. The SMILES string of the molecule is CC(=O)C=C(C)O.[Ir].[c-]1cccc2ccc3cccnc3c12. The molecule has 22 heavy (non-hydrogen) atoms. The zero-order valence-electron chi connectivity index (χ0n) is 12.3. The Morgan fingerprint density at radius 3 is 2.45 bits per heavy atom. The largest absolute Gasteiger partial charge is 0.512 e. The van der Waals surface area contributed by atoms with Crippen molar-refractivity contribution >= 4 is 27.5 Å². The molecule has 1 heterocycles. The normalized spacial score (nSPS) is 10.5. The number of hydrogen-bond acceptors (Lipinski definition) is 3. The van der Waals surface area contributed by atoms with Crippen LogP contribution < -0.4 is 0 Å². The van der Waals surface area contributed by atoms with Crippen molar-refractivity contribution in [3.8, 4) is 0 Å². The van der Waals surface area contributed by atoms with E-state index in [1.54, 1.807) is 0 Å². The van der Waals surface area contributed by atoms with Gasteiger partial charge in [0.2, 0.25) is 0 Å². The van der Waals surface area contributed by atoms with E-state index in [0.29, 0.717) is 0 Å². The fourth-order valence-corrected chi connectivity index (χ4v) is 2.03. The molecule has 0 aliphatic carbocycles. The van der Waals surface area contributed by atoms with Gasteiger partial charge in [-0.25, -0.2) is 0 Å². The van der Waals surface area contributed by atoms with E-state index in [0.717, 1.165) is 10.9 Å². The Morgan fingerprint density at radius 2 is 1.82 bits per heavy atom. The van der Waals surface area contributed by atoms with Gasteiger partial charge in [-0.2, -0.15) is 0 Å². The van der Waals surface area contributed by atoms with Crippen molar-refractivity contribution < 1.29 is 30.0 Å². The quantitative estimate of drug-likeness (QED) is 0.251. The van der Waals surface area contributed by atoms with Crippen LogP contribution in [-0.4, -0.2) is 15.9 Å². The fraction of sp³-hybridized carbons (Fsp3) is 0.111. The summed E-state index contributed by atoms with van der Waals surface area (Å²) in [5, 5.41) is 11.8. The minimum atomic E-state index is -0.125. The maximum absolute atomic E-state index is 10.0. The molecule has 0 aliphatic rings. The number of ketones is 1. The number of pyridine rings is 1. The second-order valence-electron chi connectivity index (χ2n) is 4.67. The second kappa shape index (κ2) is 8.42. The molecular weight excluding hydrogens is 454 g/mol. The zero-order valence-corrected chi connectivity index (χ0v) is 14.7. The molecule has 1 aromatic heterocycles. The number of nitrogens with zero attached hydrogens (tertiary/aromatic N) is 1. The first-order valence-corrected chi connectivity index (χ1v) is 6.60. The summed E-state index contributed by atoms with van der Waals surface area (Å²) >= 11 is 0. The molecule has 0 aliphatic heterocycles. The molecule has 0 amide bonds. The number of fused-ring (bicyclic) bond motifs is 3. The van der Waals surface area contributed by atoms with E-state index < -0.39 is 0 Å².